The highest BCUT2D eigenvalue weighted by atomic mass is 19.4. The number of H-pyrrole nitrogens is 1. The van der Waals surface area contributed by atoms with E-state index in [4.69, 9.17) is 14.7 Å². The van der Waals surface area contributed by atoms with Crippen LogP contribution in [-0.2, 0) is 4.79 Å². The van der Waals surface area contributed by atoms with Crippen molar-refractivity contribution in [1.82, 2.24) is 30.0 Å². The summed E-state index contributed by atoms with van der Waals surface area (Å²) in [5, 5.41) is 8.85. The number of piperidine rings is 2. The number of hydrogen-bond donors (Lipinski definition) is 1. The van der Waals surface area contributed by atoms with Crippen LogP contribution in [0.2, 0.25) is 0 Å². The van der Waals surface area contributed by atoms with E-state index >= 15 is 0 Å². The molecule has 5 aliphatic rings. The summed E-state index contributed by atoms with van der Waals surface area (Å²) >= 11 is 0. The van der Waals surface area contributed by atoms with E-state index in [1.807, 2.05) is 19.1 Å². The molecule has 0 radical (unpaired) electrons. The highest BCUT2D eigenvalue weighted by molar-refractivity contribution is 6.06. The number of carbonyl (C=O) groups is 1. The molecule has 14 heteroatoms. The molecule has 1 aliphatic carbocycles. The Morgan fingerprint density at radius 1 is 0.982 bits per heavy atom. The number of ether oxygens (including phenoxy) is 1. The Kier molecular flexibility index (Phi) is 9.44. The van der Waals surface area contributed by atoms with Gasteiger partial charge in [-0.1, -0.05) is 32.9 Å². The van der Waals surface area contributed by atoms with Crippen LogP contribution in [-0.4, -0.2) is 108 Å². The van der Waals surface area contributed by atoms with Crippen molar-refractivity contribution in [3.8, 4) is 16.9 Å². The topological polar surface area (TPSA) is 93.7 Å². The van der Waals surface area contributed by atoms with Gasteiger partial charge in [0.25, 0.3) is 5.91 Å². The molecule has 1 amide bonds. The average molecular weight is 789 g/mol. The first kappa shape index (κ1) is 38.1. The Morgan fingerprint density at radius 3 is 2.32 bits per heavy atom. The lowest BCUT2D eigenvalue weighted by Crippen LogP contribution is -2.62. The number of likely N-dealkylation sites (tertiary alicyclic amines) is 2. The van der Waals surface area contributed by atoms with Crippen molar-refractivity contribution in [2.75, 3.05) is 75.3 Å². The fraction of sp³-hybridized carbons (Fsp3) is 0.581. The van der Waals surface area contributed by atoms with E-state index in [0.29, 0.717) is 60.3 Å². The second-order valence-corrected chi connectivity index (χ2v) is 17.9. The summed E-state index contributed by atoms with van der Waals surface area (Å²) in [4.78, 5) is 31.3. The highest BCUT2D eigenvalue weighted by Crippen LogP contribution is 2.54. The van der Waals surface area contributed by atoms with Crippen LogP contribution in [0.4, 0.5) is 29.3 Å². The van der Waals surface area contributed by atoms with E-state index in [1.165, 1.54) is 4.90 Å². The lowest BCUT2D eigenvalue weighted by Gasteiger charge is -2.54. The normalized spacial score (nSPS) is 21.3. The van der Waals surface area contributed by atoms with Crippen LogP contribution in [0.3, 0.4) is 0 Å². The molecule has 4 saturated heterocycles. The van der Waals surface area contributed by atoms with E-state index in [1.54, 1.807) is 6.20 Å². The summed E-state index contributed by atoms with van der Waals surface area (Å²) < 4.78 is 62.2. The predicted molar refractivity (Wildman–Crippen MR) is 213 cm³/mol. The van der Waals surface area contributed by atoms with Gasteiger partial charge in [-0.05, 0) is 99.2 Å². The lowest BCUT2D eigenvalue weighted by atomic mass is 9.72. The predicted octanol–water partition coefficient (Wildman–Crippen LogP) is 8.16. The van der Waals surface area contributed by atoms with E-state index < -0.39 is 24.5 Å². The molecule has 9 rings (SSSR count). The molecule has 6 heterocycles. The summed E-state index contributed by atoms with van der Waals surface area (Å²) in [6.45, 7) is 15.3. The number of nitrogens with zero attached hydrogens (tertiary/aromatic N) is 7. The molecule has 0 bridgehead atoms. The van der Waals surface area contributed by atoms with Crippen molar-refractivity contribution in [1.29, 1.82) is 0 Å². The fourth-order valence-electron chi connectivity index (χ4n) is 9.93. The van der Waals surface area contributed by atoms with Crippen molar-refractivity contribution in [3.05, 3.63) is 47.9 Å². The van der Waals surface area contributed by atoms with Gasteiger partial charge in [-0.25, -0.2) is 9.37 Å². The van der Waals surface area contributed by atoms with E-state index in [2.05, 4.69) is 51.4 Å². The molecule has 1 atom stereocenters. The molecule has 4 aliphatic heterocycles. The van der Waals surface area contributed by atoms with Crippen LogP contribution in [0.15, 0.2) is 36.8 Å². The zero-order valence-corrected chi connectivity index (χ0v) is 33.2. The fourth-order valence-corrected chi connectivity index (χ4v) is 9.93. The highest BCUT2D eigenvalue weighted by Gasteiger charge is 2.49. The van der Waals surface area contributed by atoms with Crippen molar-refractivity contribution >= 4 is 39.5 Å². The number of alkyl halides is 3. The molecule has 2 aromatic carbocycles. The lowest BCUT2D eigenvalue weighted by molar-refractivity contribution is -0.153. The molecular weight excluding hydrogens is 737 g/mol. The van der Waals surface area contributed by atoms with Crippen LogP contribution in [0.1, 0.15) is 75.8 Å². The van der Waals surface area contributed by atoms with Gasteiger partial charge in [0, 0.05) is 73.0 Å². The number of fused-ring (bicyclic) bond motifs is 2. The van der Waals surface area contributed by atoms with Gasteiger partial charge in [0.05, 0.1) is 11.7 Å². The molecule has 57 heavy (non-hydrogen) atoms. The minimum absolute atomic E-state index is 0.116. The summed E-state index contributed by atoms with van der Waals surface area (Å²) in [5.74, 6) is 0.556. The Labute approximate surface area is 330 Å². The number of rotatable bonds is 10. The molecule has 1 N–H and O–H groups in total. The van der Waals surface area contributed by atoms with E-state index in [0.717, 1.165) is 105 Å². The number of aromatic amines is 1. The van der Waals surface area contributed by atoms with Gasteiger partial charge >= 0.3 is 6.18 Å². The minimum atomic E-state index is -4.57. The first-order valence-corrected chi connectivity index (χ1v) is 20.6. The maximum absolute atomic E-state index is 14.2. The molecular formula is C43H52F4N8O2. The number of hydrogen-bond acceptors (Lipinski definition) is 8. The Morgan fingerprint density at radius 2 is 1.67 bits per heavy atom. The van der Waals surface area contributed by atoms with Crippen molar-refractivity contribution in [3.63, 3.8) is 0 Å². The standard InChI is InChI=1S/C43H52F4N8O2/c1-5-26(2)20-52-14-10-41(11-15-52)23-55(24-41)40-49-36-31(38(50-40)53-16-12-42(13-17-53)21-54(22-42)39(56)28(4)44)18-30(29-7-8-29)35(37(36)57-25-43(45,46)47)34-27(3)6-9-33-32(34)19-48-51-33/h6,9,18-19,26,29H,4-5,7-8,10-17,20-25H2,1-3H3,(H,48,51). The first-order chi connectivity index (χ1) is 27.2. The van der Waals surface area contributed by atoms with E-state index in [9.17, 15) is 22.4 Å². The van der Waals surface area contributed by atoms with Crippen molar-refractivity contribution < 1.29 is 27.1 Å². The van der Waals surface area contributed by atoms with Crippen molar-refractivity contribution in [2.45, 2.75) is 77.8 Å². The molecule has 1 unspecified atom stereocenters. The van der Waals surface area contributed by atoms with Gasteiger partial charge < -0.3 is 24.3 Å². The molecule has 1 saturated carbocycles. The maximum Gasteiger partial charge on any atom is 0.422 e. The first-order valence-electron chi connectivity index (χ1n) is 20.6. The van der Waals surface area contributed by atoms with Gasteiger partial charge in [0.15, 0.2) is 18.2 Å². The Balaban J connectivity index is 1.13. The van der Waals surface area contributed by atoms with Crippen molar-refractivity contribution in [2.24, 2.45) is 16.7 Å². The van der Waals surface area contributed by atoms with Crippen LogP contribution in [0.5, 0.6) is 5.75 Å². The smallest absolute Gasteiger partial charge is 0.422 e. The third-order valence-corrected chi connectivity index (χ3v) is 13.6. The third kappa shape index (κ3) is 7.09. The Bertz CT molecular complexity index is 2200. The van der Waals surface area contributed by atoms with Crippen LogP contribution in [0.25, 0.3) is 32.9 Å². The SMILES string of the molecule is C=C(F)C(=O)N1CC2(CCN(c3nc(N4CC5(CCN(CC(C)CC)CC5)C4)nc4c(OCC(F)(F)F)c(-c5c(C)ccc6[nH]ncc56)c(C5CC5)cc34)CC2)C1. The van der Waals surface area contributed by atoms with Gasteiger partial charge in [-0.15, -0.1) is 0 Å². The molecule has 2 aromatic heterocycles. The number of anilines is 2. The average Bonchev–Trinajstić information content (AvgIpc) is 3.90. The van der Waals surface area contributed by atoms with Crippen LogP contribution < -0.4 is 14.5 Å². The number of benzene rings is 2. The molecule has 304 valence electrons. The minimum Gasteiger partial charge on any atom is -0.481 e. The quantitative estimate of drug-likeness (QED) is 0.127. The summed E-state index contributed by atoms with van der Waals surface area (Å²) in [6.07, 6.45) is 3.88. The molecule has 10 nitrogen and oxygen atoms in total. The van der Waals surface area contributed by atoms with Gasteiger partial charge in [-0.3, -0.25) is 9.89 Å². The molecule has 5 fully saturated rings. The van der Waals surface area contributed by atoms with Crippen LogP contribution >= 0.6 is 0 Å². The zero-order chi connectivity index (χ0) is 39.9. The number of carbonyl (C=O) groups excluding carboxylic acids is 1. The number of aryl methyl sites for hydroxylation is 1. The van der Waals surface area contributed by atoms with Gasteiger partial charge in [-0.2, -0.15) is 23.3 Å². The number of aromatic nitrogens is 4. The monoisotopic (exact) mass is 788 g/mol. The van der Waals surface area contributed by atoms with Gasteiger partial charge in [0.2, 0.25) is 5.95 Å². The largest absolute Gasteiger partial charge is 0.481 e. The second kappa shape index (κ2) is 14.1. The number of halogens is 4. The molecule has 2 spiro atoms. The van der Waals surface area contributed by atoms with E-state index in [-0.39, 0.29) is 22.5 Å². The summed E-state index contributed by atoms with van der Waals surface area (Å²) in [7, 11) is 0. The summed E-state index contributed by atoms with van der Waals surface area (Å²) in [5.41, 5.74) is 4.51. The number of amides is 1. The maximum atomic E-state index is 14.2. The summed E-state index contributed by atoms with van der Waals surface area (Å²) in [6, 6.07) is 6.03. The third-order valence-electron chi connectivity index (χ3n) is 13.6. The number of nitrogens with one attached hydrogen (secondary N) is 1. The van der Waals surface area contributed by atoms with Crippen LogP contribution in [0, 0.1) is 23.7 Å². The zero-order valence-electron chi connectivity index (χ0n) is 33.2. The van der Waals surface area contributed by atoms with Gasteiger partial charge in [0.1, 0.15) is 11.3 Å². The Hall–Kier alpha value is -4.46. The second-order valence-electron chi connectivity index (χ2n) is 17.9. The molecule has 4 aromatic rings.